The highest BCUT2D eigenvalue weighted by molar-refractivity contribution is 5.93. The van der Waals surface area contributed by atoms with Gasteiger partial charge >= 0.3 is 0 Å². The maximum absolute atomic E-state index is 12.8. The quantitative estimate of drug-likeness (QED) is 0.645. The van der Waals surface area contributed by atoms with E-state index in [9.17, 15) is 4.79 Å². The third-order valence-corrected chi connectivity index (χ3v) is 6.68. The van der Waals surface area contributed by atoms with E-state index in [0.29, 0.717) is 17.3 Å². The minimum absolute atomic E-state index is 0.0752. The molecule has 0 aliphatic carbocycles. The monoisotopic (exact) mass is 417 g/mol. The third-order valence-electron chi connectivity index (χ3n) is 6.68. The summed E-state index contributed by atoms with van der Waals surface area (Å²) in [5, 5.41) is 8.42. The molecule has 1 atom stereocenters. The van der Waals surface area contributed by atoms with Crippen LogP contribution < -0.4 is 0 Å². The van der Waals surface area contributed by atoms with Crippen molar-refractivity contribution in [1.82, 2.24) is 25.0 Å². The van der Waals surface area contributed by atoms with E-state index in [2.05, 4.69) is 44.3 Å². The summed E-state index contributed by atoms with van der Waals surface area (Å²) >= 11 is 0. The summed E-state index contributed by atoms with van der Waals surface area (Å²) in [6.07, 6.45) is 6.29. The van der Waals surface area contributed by atoms with Gasteiger partial charge in [0.05, 0.1) is 11.6 Å². The van der Waals surface area contributed by atoms with Gasteiger partial charge in [-0.3, -0.25) is 14.7 Å². The van der Waals surface area contributed by atoms with Gasteiger partial charge in [-0.1, -0.05) is 30.3 Å². The van der Waals surface area contributed by atoms with Crippen LogP contribution >= 0.6 is 0 Å². The molecule has 0 saturated carbocycles. The largest absolute Gasteiger partial charge is 0.424 e. The Balaban J connectivity index is 1.32. The standard InChI is InChI=1S/C24H27N5O2/c1-18-26-27-22(31-18)21-14-24(17-29(21)16-19-6-3-2-4-7-19)9-12-28(13-10-24)23(30)20-8-5-11-25-15-20/h2-8,11,15,21H,9-10,12-14,16-17H2,1H3. The molecule has 1 spiro atoms. The van der Waals surface area contributed by atoms with Crippen molar-refractivity contribution >= 4 is 5.91 Å². The highest BCUT2D eigenvalue weighted by atomic mass is 16.4. The Morgan fingerprint density at radius 3 is 2.61 bits per heavy atom. The van der Waals surface area contributed by atoms with E-state index in [1.807, 2.05) is 30.0 Å². The number of carbonyl (C=O) groups excluding carboxylic acids is 1. The Morgan fingerprint density at radius 2 is 1.94 bits per heavy atom. The van der Waals surface area contributed by atoms with Gasteiger partial charge in [0.25, 0.3) is 5.91 Å². The zero-order valence-electron chi connectivity index (χ0n) is 17.8. The Hall–Kier alpha value is -3.06. The molecule has 2 aliphatic rings. The maximum atomic E-state index is 12.8. The van der Waals surface area contributed by atoms with Crippen molar-refractivity contribution in [2.75, 3.05) is 19.6 Å². The number of hydrogen-bond donors (Lipinski definition) is 0. The first-order chi connectivity index (χ1) is 15.1. The number of aryl methyl sites for hydroxylation is 1. The van der Waals surface area contributed by atoms with Gasteiger partial charge in [0.15, 0.2) is 0 Å². The first kappa shape index (κ1) is 19.9. The van der Waals surface area contributed by atoms with Gasteiger partial charge in [-0.2, -0.15) is 0 Å². The molecule has 2 aliphatic heterocycles. The molecule has 2 fully saturated rings. The van der Waals surface area contributed by atoms with Crippen LogP contribution in [-0.2, 0) is 6.54 Å². The number of nitrogens with zero attached hydrogens (tertiary/aromatic N) is 5. The van der Waals surface area contributed by atoms with Crippen LogP contribution in [0.25, 0.3) is 0 Å². The lowest BCUT2D eigenvalue weighted by molar-refractivity contribution is 0.0587. The average molecular weight is 418 g/mol. The molecule has 2 saturated heterocycles. The number of rotatable bonds is 4. The van der Waals surface area contributed by atoms with Gasteiger partial charge in [-0.05, 0) is 42.4 Å². The molecule has 1 aromatic carbocycles. The normalized spacial score (nSPS) is 20.9. The lowest BCUT2D eigenvalue weighted by Gasteiger charge is -2.39. The van der Waals surface area contributed by atoms with Crippen LogP contribution in [0.1, 0.15) is 53.0 Å². The van der Waals surface area contributed by atoms with Crippen LogP contribution in [0.15, 0.2) is 59.3 Å². The molecule has 7 heteroatoms. The maximum Gasteiger partial charge on any atom is 0.255 e. The predicted octanol–water partition coefficient (Wildman–Crippen LogP) is 3.64. The molecular weight excluding hydrogens is 390 g/mol. The fourth-order valence-electron chi connectivity index (χ4n) is 5.04. The zero-order chi connectivity index (χ0) is 21.3. The summed E-state index contributed by atoms with van der Waals surface area (Å²) < 4.78 is 5.85. The van der Waals surface area contributed by atoms with Crippen molar-refractivity contribution in [1.29, 1.82) is 0 Å². The number of hydrogen-bond acceptors (Lipinski definition) is 6. The first-order valence-corrected chi connectivity index (χ1v) is 10.9. The van der Waals surface area contributed by atoms with E-state index in [1.165, 1.54) is 5.56 Å². The van der Waals surface area contributed by atoms with Gasteiger partial charge in [-0.15, -0.1) is 10.2 Å². The van der Waals surface area contributed by atoms with E-state index in [-0.39, 0.29) is 17.4 Å². The molecule has 0 bridgehead atoms. The van der Waals surface area contributed by atoms with Crippen molar-refractivity contribution in [3.05, 3.63) is 77.8 Å². The average Bonchev–Trinajstić information content (AvgIpc) is 3.39. The van der Waals surface area contributed by atoms with Crippen LogP contribution in [-0.4, -0.2) is 50.5 Å². The lowest BCUT2D eigenvalue weighted by Crippen LogP contribution is -2.44. The summed E-state index contributed by atoms with van der Waals surface area (Å²) in [5.74, 6) is 1.39. The molecule has 1 unspecified atom stereocenters. The van der Waals surface area contributed by atoms with Gasteiger partial charge in [-0.25, -0.2) is 0 Å². The molecule has 31 heavy (non-hydrogen) atoms. The number of likely N-dealkylation sites (tertiary alicyclic amines) is 2. The van der Waals surface area contributed by atoms with Crippen molar-refractivity contribution in [3.8, 4) is 0 Å². The molecule has 7 nitrogen and oxygen atoms in total. The van der Waals surface area contributed by atoms with Gasteiger partial charge in [0.1, 0.15) is 0 Å². The molecule has 3 aromatic rings. The summed E-state index contributed by atoms with van der Waals surface area (Å²) in [6.45, 7) is 5.20. The van der Waals surface area contributed by atoms with E-state index < -0.39 is 0 Å². The number of benzene rings is 1. The lowest BCUT2D eigenvalue weighted by atomic mass is 9.76. The number of pyridine rings is 1. The molecule has 0 radical (unpaired) electrons. The second-order valence-electron chi connectivity index (χ2n) is 8.80. The smallest absolute Gasteiger partial charge is 0.255 e. The van der Waals surface area contributed by atoms with E-state index in [4.69, 9.17) is 4.42 Å². The molecule has 2 aromatic heterocycles. The Labute approximate surface area is 182 Å². The molecular formula is C24H27N5O2. The highest BCUT2D eigenvalue weighted by Gasteiger charge is 2.48. The topological polar surface area (TPSA) is 75.4 Å². The summed E-state index contributed by atoms with van der Waals surface area (Å²) in [5.41, 5.74) is 2.10. The number of amides is 1. The fourth-order valence-corrected chi connectivity index (χ4v) is 5.04. The molecule has 160 valence electrons. The van der Waals surface area contributed by atoms with Crippen LogP contribution in [0.3, 0.4) is 0 Å². The van der Waals surface area contributed by atoms with Crippen LogP contribution in [0.4, 0.5) is 0 Å². The first-order valence-electron chi connectivity index (χ1n) is 10.9. The van der Waals surface area contributed by atoms with E-state index in [0.717, 1.165) is 45.4 Å². The second-order valence-corrected chi connectivity index (χ2v) is 8.80. The molecule has 4 heterocycles. The zero-order valence-corrected chi connectivity index (χ0v) is 17.8. The molecule has 0 N–H and O–H groups in total. The van der Waals surface area contributed by atoms with Crippen LogP contribution in [0.5, 0.6) is 0 Å². The summed E-state index contributed by atoms with van der Waals surface area (Å²) in [6, 6.07) is 14.3. The van der Waals surface area contributed by atoms with E-state index in [1.54, 1.807) is 12.4 Å². The van der Waals surface area contributed by atoms with Crippen LogP contribution in [0, 0.1) is 12.3 Å². The predicted molar refractivity (Wildman–Crippen MR) is 115 cm³/mol. The minimum Gasteiger partial charge on any atom is -0.424 e. The number of piperidine rings is 1. The van der Waals surface area contributed by atoms with Gasteiger partial charge in [0.2, 0.25) is 11.8 Å². The SMILES string of the molecule is Cc1nnc(C2CC3(CCN(C(=O)c4cccnc4)CC3)CN2Cc2ccccc2)o1. The number of aromatic nitrogens is 3. The number of carbonyl (C=O) groups is 1. The fraction of sp³-hybridized carbons (Fsp3) is 0.417. The highest BCUT2D eigenvalue weighted by Crippen LogP contribution is 2.49. The Morgan fingerprint density at radius 1 is 1.13 bits per heavy atom. The molecule has 5 rings (SSSR count). The van der Waals surface area contributed by atoms with Crippen molar-refractivity contribution < 1.29 is 9.21 Å². The Kier molecular flexibility index (Phi) is 5.28. The van der Waals surface area contributed by atoms with Gasteiger partial charge in [0, 0.05) is 45.5 Å². The van der Waals surface area contributed by atoms with Gasteiger partial charge < -0.3 is 9.32 Å². The van der Waals surface area contributed by atoms with Crippen LogP contribution in [0.2, 0.25) is 0 Å². The third kappa shape index (κ3) is 4.10. The van der Waals surface area contributed by atoms with E-state index >= 15 is 0 Å². The van der Waals surface area contributed by atoms with Crippen molar-refractivity contribution in [2.45, 2.75) is 38.8 Å². The summed E-state index contributed by atoms with van der Waals surface area (Å²) in [4.78, 5) is 21.4. The van der Waals surface area contributed by atoms with Crippen molar-refractivity contribution in [2.24, 2.45) is 5.41 Å². The Bertz CT molecular complexity index is 1030. The van der Waals surface area contributed by atoms with Crippen molar-refractivity contribution in [3.63, 3.8) is 0 Å². The minimum atomic E-state index is 0.0752. The second kappa shape index (κ2) is 8.23. The summed E-state index contributed by atoms with van der Waals surface area (Å²) in [7, 11) is 0. The molecule has 1 amide bonds.